The summed E-state index contributed by atoms with van der Waals surface area (Å²) in [5.41, 5.74) is 0.746. The number of rotatable bonds is 4. The molecular formula is C21H24ClF3N6O. The summed E-state index contributed by atoms with van der Waals surface area (Å²) in [5.74, 6) is -0.590. The molecule has 0 spiro atoms. The van der Waals surface area contributed by atoms with E-state index in [1.54, 1.807) is 11.8 Å². The van der Waals surface area contributed by atoms with Gasteiger partial charge in [0.05, 0.1) is 30.4 Å². The van der Waals surface area contributed by atoms with Crippen LogP contribution < -0.4 is 10.6 Å². The molecule has 2 aliphatic rings. The van der Waals surface area contributed by atoms with E-state index in [0.29, 0.717) is 36.7 Å². The predicted molar refractivity (Wildman–Crippen MR) is 114 cm³/mol. The minimum atomic E-state index is -2.91. The molecule has 32 heavy (non-hydrogen) atoms. The summed E-state index contributed by atoms with van der Waals surface area (Å²) in [7, 11) is 0. The summed E-state index contributed by atoms with van der Waals surface area (Å²) in [6.07, 6.45) is -2.03. The lowest BCUT2D eigenvalue weighted by Crippen LogP contribution is -2.42. The molecule has 1 aromatic heterocycles. The van der Waals surface area contributed by atoms with Gasteiger partial charge in [0.2, 0.25) is 5.28 Å². The van der Waals surface area contributed by atoms with Crippen molar-refractivity contribution < 1.29 is 18.0 Å². The van der Waals surface area contributed by atoms with Crippen LogP contribution >= 0.6 is 11.6 Å². The second kappa shape index (κ2) is 9.50. The fourth-order valence-electron chi connectivity index (χ4n) is 4.07. The standard InChI is InChI=1S/C21H24ClF3N6O/c1-12(13-4-2-5-14(17(13)23)18(24)25)27-19-15-10-31(11-16(15)28-20(22)29-19)21(32)30-8-3-6-26-7-9-30/h2,4-5,12,18,26H,3,6-11H2,1H3,(H,27,28,29)/t12-/m1/s1. The number of carbonyl (C=O) groups excluding carboxylic acids is 1. The summed E-state index contributed by atoms with van der Waals surface area (Å²) < 4.78 is 40.8. The van der Waals surface area contributed by atoms with Gasteiger partial charge in [0.1, 0.15) is 11.6 Å². The monoisotopic (exact) mass is 468 g/mol. The minimum absolute atomic E-state index is 0.00600. The molecule has 2 aliphatic heterocycles. The Hall–Kier alpha value is -2.59. The number of amides is 2. The third-order valence-electron chi connectivity index (χ3n) is 5.75. The molecule has 1 saturated heterocycles. The van der Waals surface area contributed by atoms with Gasteiger partial charge in [-0.25, -0.2) is 27.9 Å². The normalized spacial score (nSPS) is 17.3. The Balaban J connectivity index is 1.55. The summed E-state index contributed by atoms with van der Waals surface area (Å²) >= 11 is 6.10. The molecule has 172 valence electrons. The Bertz CT molecular complexity index is 1000. The van der Waals surface area contributed by atoms with Crippen molar-refractivity contribution in [1.29, 1.82) is 0 Å². The molecule has 2 aromatic rings. The molecule has 2 N–H and O–H groups in total. The predicted octanol–water partition coefficient (Wildman–Crippen LogP) is 4.11. The van der Waals surface area contributed by atoms with Crippen molar-refractivity contribution in [2.75, 3.05) is 31.5 Å². The molecule has 0 unspecified atom stereocenters. The van der Waals surface area contributed by atoms with Crippen molar-refractivity contribution >= 4 is 23.4 Å². The van der Waals surface area contributed by atoms with E-state index in [-0.39, 0.29) is 23.4 Å². The highest BCUT2D eigenvalue weighted by Gasteiger charge is 2.32. The number of anilines is 1. The first kappa shape index (κ1) is 22.6. The fraction of sp³-hybridized carbons (Fsp3) is 0.476. The zero-order chi connectivity index (χ0) is 22.8. The Morgan fingerprint density at radius 3 is 2.72 bits per heavy atom. The Labute approximate surface area is 189 Å². The first-order valence-corrected chi connectivity index (χ1v) is 10.9. The van der Waals surface area contributed by atoms with Crippen molar-refractivity contribution in [2.45, 2.75) is 38.9 Å². The fourth-order valence-corrected chi connectivity index (χ4v) is 4.26. The van der Waals surface area contributed by atoms with Crippen LogP contribution in [-0.4, -0.2) is 52.0 Å². The zero-order valence-electron chi connectivity index (χ0n) is 17.5. The SMILES string of the molecule is C[C@@H](Nc1nc(Cl)nc2c1CN(C(=O)N1CCCNCC1)C2)c1cccc(C(F)F)c1F. The molecule has 7 nitrogen and oxygen atoms in total. The van der Waals surface area contributed by atoms with Crippen molar-refractivity contribution in [3.63, 3.8) is 0 Å². The topological polar surface area (TPSA) is 73.4 Å². The molecule has 0 aliphatic carbocycles. The van der Waals surface area contributed by atoms with Crippen molar-refractivity contribution in [3.8, 4) is 0 Å². The quantitative estimate of drug-likeness (QED) is 0.661. The van der Waals surface area contributed by atoms with Crippen molar-refractivity contribution in [1.82, 2.24) is 25.1 Å². The molecule has 0 bridgehead atoms. The van der Waals surface area contributed by atoms with Crippen LogP contribution in [0, 0.1) is 5.82 Å². The molecular weight excluding hydrogens is 445 g/mol. The van der Waals surface area contributed by atoms with Gasteiger partial charge in [-0.05, 0) is 31.5 Å². The highest BCUT2D eigenvalue weighted by Crippen LogP contribution is 2.33. The number of fused-ring (bicyclic) bond motifs is 1. The molecule has 1 aromatic carbocycles. The zero-order valence-corrected chi connectivity index (χ0v) is 18.3. The first-order valence-electron chi connectivity index (χ1n) is 10.5. The number of carbonyl (C=O) groups is 1. The van der Waals surface area contributed by atoms with E-state index in [0.717, 1.165) is 25.6 Å². The summed E-state index contributed by atoms with van der Waals surface area (Å²) in [4.78, 5) is 25.0. The smallest absolute Gasteiger partial charge is 0.320 e. The van der Waals surface area contributed by atoms with Crippen LogP contribution in [0.15, 0.2) is 18.2 Å². The van der Waals surface area contributed by atoms with Gasteiger partial charge in [0.25, 0.3) is 6.43 Å². The maximum atomic E-state index is 14.6. The first-order chi connectivity index (χ1) is 15.3. The minimum Gasteiger partial charge on any atom is -0.363 e. The summed E-state index contributed by atoms with van der Waals surface area (Å²) in [6.45, 7) is 5.14. The van der Waals surface area contributed by atoms with E-state index in [1.807, 2.05) is 4.90 Å². The highest BCUT2D eigenvalue weighted by atomic mass is 35.5. The van der Waals surface area contributed by atoms with Gasteiger partial charge in [0, 0.05) is 30.8 Å². The Morgan fingerprint density at radius 1 is 1.16 bits per heavy atom. The van der Waals surface area contributed by atoms with Crippen LogP contribution in [0.25, 0.3) is 0 Å². The second-order valence-corrected chi connectivity index (χ2v) is 8.25. The summed E-state index contributed by atoms with van der Waals surface area (Å²) in [6, 6.07) is 3.16. The maximum absolute atomic E-state index is 14.6. The molecule has 3 heterocycles. The van der Waals surface area contributed by atoms with Gasteiger partial charge in [-0.2, -0.15) is 0 Å². The van der Waals surface area contributed by atoms with Crippen LogP contribution in [0.1, 0.15) is 48.2 Å². The van der Waals surface area contributed by atoms with Crippen LogP contribution in [0.2, 0.25) is 5.28 Å². The third-order valence-corrected chi connectivity index (χ3v) is 5.92. The second-order valence-electron chi connectivity index (χ2n) is 7.91. The van der Waals surface area contributed by atoms with Gasteiger partial charge in [0.15, 0.2) is 0 Å². The van der Waals surface area contributed by atoms with Gasteiger partial charge in [-0.15, -0.1) is 0 Å². The average Bonchev–Trinajstić information content (AvgIpc) is 2.99. The van der Waals surface area contributed by atoms with Crippen molar-refractivity contribution in [3.05, 3.63) is 51.7 Å². The van der Waals surface area contributed by atoms with E-state index in [9.17, 15) is 18.0 Å². The number of hydrogen-bond acceptors (Lipinski definition) is 5. The number of nitrogens with zero attached hydrogens (tertiary/aromatic N) is 4. The molecule has 1 atom stereocenters. The van der Waals surface area contributed by atoms with Crippen LogP contribution in [-0.2, 0) is 13.1 Å². The van der Waals surface area contributed by atoms with Crippen LogP contribution in [0.5, 0.6) is 0 Å². The van der Waals surface area contributed by atoms with E-state index in [4.69, 9.17) is 11.6 Å². The van der Waals surface area contributed by atoms with Crippen LogP contribution in [0.3, 0.4) is 0 Å². The average molecular weight is 469 g/mol. The third kappa shape index (κ3) is 4.61. The molecule has 1 fully saturated rings. The summed E-state index contributed by atoms with van der Waals surface area (Å²) in [5, 5.41) is 6.34. The van der Waals surface area contributed by atoms with Crippen molar-refractivity contribution in [2.24, 2.45) is 0 Å². The number of hydrogen-bond donors (Lipinski definition) is 2. The lowest BCUT2D eigenvalue weighted by Gasteiger charge is -2.26. The number of nitrogens with one attached hydrogen (secondary N) is 2. The Kier molecular flexibility index (Phi) is 6.71. The molecule has 0 saturated carbocycles. The van der Waals surface area contributed by atoms with E-state index >= 15 is 0 Å². The lowest BCUT2D eigenvalue weighted by molar-refractivity contribution is 0.146. The van der Waals surface area contributed by atoms with E-state index < -0.39 is 23.8 Å². The Morgan fingerprint density at radius 2 is 1.94 bits per heavy atom. The molecule has 2 amide bonds. The number of aromatic nitrogens is 2. The number of halogens is 4. The molecule has 0 radical (unpaired) electrons. The van der Waals surface area contributed by atoms with E-state index in [2.05, 4.69) is 20.6 Å². The number of urea groups is 1. The number of benzene rings is 1. The largest absolute Gasteiger partial charge is 0.363 e. The highest BCUT2D eigenvalue weighted by molar-refractivity contribution is 6.28. The lowest BCUT2D eigenvalue weighted by atomic mass is 10.0. The molecule has 4 rings (SSSR count). The maximum Gasteiger partial charge on any atom is 0.320 e. The van der Waals surface area contributed by atoms with Gasteiger partial charge >= 0.3 is 6.03 Å². The van der Waals surface area contributed by atoms with Gasteiger partial charge in [-0.3, -0.25) is 0 Å². The van der Waals surface area contributed by atoms with Gasteiger partial charge in [-0.1, -0.05) is 18.2 Å². The number of alkyl halides is 2. The van der Waals surface area contributed by atoms with E-state index in [1.165, 1.54) is 12.1 Å². The van der Waals surface area contributed by atoms with Crippen LogP contribution in [0.4, 0.5) is 23.8 Å². The van der Waals surface area contributed by atoms with Gasteiger partial charge < -0.3 is 20.4 Å². The molecule has 11 heteroatoms.